The third-order valence-electron chi connectivity index (χ3n) is 2.55. The minimum Gasteiger partial charge on any atom is -0.507 e. The predicted molar refractivity (Wildman–Crippen MR) is 68.2 cm³/mol. The Morgan fingerprint density at radius 2 is 2.06 bits per heavy atom. The number of phenols is 1. The lowest BCUT2D eigenvalue weighted by atomic mass is 10.1. The zero-order valence-electron chi connectivity index (χ0n) is 10.8. The molecule has 5 nitrogen and oxygen atoms in total. The van der Waals surface area contributed by atoms with Gasteiger partial charge in [0.25, 0.3) is 0 Å². The van der Waals surface area contributed by atoms with Gasteiger partial charge in [0.1, 0.15) is 12.1 Å². The van der Waals surface area contributed by atoms with Gasteiger partial charge in [0, 0.05) is 0 Å². The topological polar surface area (TPSA) is 71.2 Å². The summed E-state index contributed by atoms with van der Waals surface area (Å²) in [6.07, 6.45) is 1.42. The maximum Gasteiger partial charge on any atom is 0.161 e. The average molecular weight is 247 g/mol. The van der Waals surface area contributed by atoms with Gasteiger partial charge < -0.3 is 10.2 Å². The SMILES string of the molecule is Cc1ccc(O)c(-c2ncnn2CC(C)(C)O)c1. The summed E-state index contributed by atoms with van der Waals surface area (Å²) in [6.45, 7) is 5.67. The highest BCUT2D eigenvalue weighted by molar-refractivity contribution is 5.64. The van der Waals surface area contributed by atoms with Crippen molar-refractivity contribution in [3.05, 3.63) is 30.1 Å². The summed E-state index contributed by atoms with van der Waals surface area (Å²) in [5, 5.41) is 23.8. The van der Waals surface area contributed by atoms with Gasteiger partial charge in [0.15, 0.2) is 5.82 Å². The highest BCUT2D eigenvalue weighted by atomic mass is 16.3. The van der Waals surface area contributed by atoms with E-state index in [0.717, 1.165) is 5.56 Å². The smallest absolute Gasteiger partial charge is 0.161 e. The van der Waals surface area contributed by atoms with Gasteiger partial charge in [-0.2, -0.15) is 5.10 Å². The standard InChI is InChI=1S/C13H17N3O2/c1-9-4-5-11(17)10(6-9)12-14-8-15-16(12)7-13(2,3)18/h4-6,8,17-18H,7H2,1-3H3. The van der Waals surface area contributed by atoms with Gasteiger partial charge in [-0.1, -0.05) is 11.6 Å². The van der Waals surface area contributed by atoms with Gasteiger partial charge in [0.2, 0.25) is 0 Å². The molecule has 96 valence electrons. The first kappa shape index (κ1) is 12.6. The van der Waals surface area contributed by atoms with Crippen LogP contribution in [-0.2, 0) is 6.54 Å². The highest BCUT2D eigenvalue weighted by Crippen LogP contribution is 2.28. The molecule has 0 spiro atoms. The molecule has 0 amide bonds. The van der Waals surface area contributed by atoms with Crippen molar-refractivity contribution in [3.8, 4) is 17.1 Å². The van der Waals surface area contributed by atoms with Crippen LogP contribution in [0.3, 0.4) is 0 Å². The predicted octanol–water partition coefficient (Wildman–Crippen LogP) is 1.73. The van der Waals surface area contributed by atoms with Crippen LogP contribution in [-0.4, -0.2) is 30.6 Å². The Labute approximate surface area is 106 Å². The van der Waals surface area contributed by atoms with Gasteiger partial charge in [-0.05, 0) is 32.9 Å². The van der Waals surface area contributed by atoms with Crippen molar-refractivity contribution in [2.24, 2.45) is 0 Å². The fraction of sp³-hybridized carbons (Fsp3) is 0.385. The van der Waals surface area contributed by atoms with E-state index < -0.39 is 5.60 Å². The first-order valence-corrected chi connectivity index (χ1v) is 5.77. The van der Waals surface area contributed by atoms with E-state index >= 15 is 0 Å². The number of hydrogen-bond donors (Lipinski definition) is 2. The zero-order valence-corrected chi connectivity index (χ0v) is 10.8. The fourth-order valence-electron chi connectivity index (χ4n) is 1.78. The third kappa shape index (κ3) is 2.68. The minimum absolute atomic E-state index is 0.158. The van der Waals surface area contributed by atoms with Gasteiger partial charge in [0.05, 0.1) is 17.7 Å². The lowest BCUT2D eigenvalue weighted by Gasteiger charge is -2.18. The molecule has 0 atom stereocenters. The molecule has 0 saturated heterocycles. The monoisotopic (exact) mass is 247 g/mol. The van der Waals surface area contributed by atoms with Crippen molar-refractivity contribution < 1.29 is 10.2 Å². The number of aromatic nitrogens is 3. The number of nitrogens with zero attached hydrogens (tertiary/aromatic N) is 3. The number of aliphatic hydroxyl groups is 1. The van der Waals surface area contributed by atoms with E-state index in [1.165, 1.54) is 6.33 Å². The van der Waals surface area contributed by atoms with E-state index in [9.17, 15) is 10.2 Å². The van der Waals surface area contributed by atoms with Crippen molar-refractivity contribution in [2.45, 2.75) is 32.9 Å². The number of rotatable bonds is 3. The van der Waals surface area contributed by atoms with E-state index in [2.05, 4.69) is 10.1 Å². The molecule has 0 saturated carbocycles. The molecule has 1 aromatic carbocycles. The Kier molecular flexibility index (Phi) is 3.09. The second-order valence-corrected chi connectivity index (χ2v) is 5.07. The number of phenolic OH excluding ortho intramolecular Hbond substituents is 1. The second kappa shape index (κ2) is 4.42. The summed E-state index contributed by atoms with van der Waals surface area (Å²) in [4.78, 5) is 4.15. The van der Waals surface area contributed by atoms with Crippen LogP contribution in [0.15, 0.2) is 24.5 Å². The van der Waals surface area contributed by atoms with Crippen LogP contribution >= 0.6 is 0 Å². The van der Waals surface area contributed by atoms with Crippen LogP contribution in [0.5, 0.6) is 5.75 Å². The molecular weight excluding hydrogens is 230 g/mol. The lowest BCUT2D eigenvalue weighted by molar-refractivity contribution is 0.0582. The van der Waals surface area contributed by atoms with Crippen LogP contribution < -0.4 is 0 Å². The molecule has 1 heterocycles. The molecule has 2 rings (SSSR count). The zero-order chi connectivity index (χ0) is 13.3. The van der Waals surface area contributed by atoms with Crippen LogP contribution in [0.25, 0.3) is 11.4 Å². The van der Waals surface area contributed by atoms with Crippen LogP contribution in [0.1, 0.15) is 19.4 Å². The normalized spacial score (nSPS) is 11.8. The van der Waals surface area contributed by atoms with Crippen molar-refractivity contribution in [3.63, 3.8) is 0 Å². The molecule has 0 radical (unpaired) electrons. The number of hydrogen-bond acceptors (Lipinski definition) is 4. The Morgan fingerprint density at radius 1 is 1.33 bits per heavy atom. The van der Waals surface area contributed by atoms with Crippen molar-refractivity contribution in [1.82, 2.24) is 14.8 Å². The molecule has 1 aromatic heterocycles. The summed E-state index contributed by atoms with van der Waals surface area (Å²) >= 11 is 0. The lowest BCUT2D eigenvalue weighted by Crippen LogP contribution is -2.27. The summed E-state index contributed by atoms with van der Waals surface area (Å²) in [6, 6.07) is 5.31. The molecule has 0 unspecified atom stereocenters. The summed E-state index contributed by atoms with van der Waals surface area (Å²) in [7, 11) is 0. The summed E-state index contributed by atoms with van der Waals surface area (Å²) in [5.41, 5.74) is 0.763. The quantitative estimate of drug-likeness (QED) is 0.866. The third-order valence-corrected chi connectivity index (χ3v) is 2.55. The Hall–Kier alpha value is -1.88. The summed E-state index contributed by atoms with van der Waals surface area (Å²) < 4.78 is 1.59. The number of aryl methyl sites for hydroxylation is 1. The number of aromatic hydroxyl groups is 1. The van der Waals surface area contributed by atoms with E-state index in [4.69, 9.17) is 0 Å². The van der Waals surface area contributed by atoms with Crippen molar-refractivity contribution in [2.75, 3.05) is 0 Å². The van der Waals surface area contributed by atoms with Gasteiger partial charge >= 0.3 is 0 Å². The van der Waals surface area contributed by atoms with Crippen LogP contribution in [0.2, 0.25) is 0 Å². The van der Waals surface area contributed by atoms with E-state index in [0.29, 0.717) is 17.9 Å². The van der Waals surface area contributed by atoms with Gasteiger partial charge in [-0.25, -0.2) is 9.67 Å². The molecule has 5 heteroatoms. The molecule has 2 aromatic rings. The van der Waals surface area contributed by atoms with Crippen LogP contribution in [0.4, 0.5) is 0 Å². The molecule has 18 heavy (non-hydrogen) atoms. The van der Waals surface area contributed by atoms with E-state index in [1.807, 2.05) is 19.1 Å². The molecule has 0 fully saturated rings. The average Bonchev–Trinajstić information content (AvgIpc) is 2.67. The second-order valence-electron chi connectivity index (χ2n) is 5.07. The molecule has 2 N–H and O–H groups in total. The Morgan fingerprint density at radius 3 is 2.72 bits per heavy atom. The molecule has 0 aliphatic rings. The molecule has 0 aliphatic heterocycles. The summed E-state index contributed by atoms with van der Waals surface area (Å²) in [5.74, 6) is 0.712. The first-order valence-electron chi connectivity index (χ1n) is 5.77. The minimum atomic E-state index is -0.887. The van der Waals surface area contributed by atoms with Gasteiger partial charge in [-0.3, -0.25) is 0 Å². The fourth-order valence-corrected chi connectivity index (χ4v) is 1.78. The van der Waals surface area contributed by atoms with Gasteiger partial charge in [-0.15, -0.1) is 0 Å². The van der Waals surface area contributed by atoms with Crippen molar-refractivity contribution >= 4 is 0 Å². The Balaban J connectivity index is 2.45. The van der Waals surface area contributed by atoms with Crippen molar-refractivity contribution in [1.29, 1.82) is 0 Å². The van der Waals surface area contributed by atoms with E-state index in [1.54, 1.807) is 24.6 Å². The first-order chi connectivity index (χ1) is 8.37. The largest absolute Gasteiger partial charge is 0.507 e. The molecule has 0 aliphatic carbocycles. The molecule has 0 bridgehead atoms. The van der Waals surface area contributed by atoms with E-state index in [-0.39, 0.29) is 5.75 Å². The van der Waals surface area contributed by atoms with Crippen LogP contribution in [0, 0.1) is 6.92 Å². The molecular formula is C13H17N3O2. The maximum absolute atomic E-state index is 9.89. The maximum atomic E-state index is 9.89. The highest BCUT2D eigenvalue weighted by Gasteiger charge is 2.19. The Bertz CT molecular complexity index is 556. The number of benzene rings is 1.